The molecular formula is C11H11N2O3S2-. The van der Waals surface area contributed by atoms with E-state index in [9.17, 15) is 14.7 Å². The van der Waals surface area contributed by atoms with Crippen molar-refractivity contribution in [3.8, 4) is 0 Å². The first-order valence-electron chi connectivity index (χ1n) is 5.21. The van der Waals surface area contributed by atoms with Gasteiger partial charge in [-0.05, 0) is 19.4 Å². The average Bonchev–Trinajstić information content (AvgIpc) is 2.58. The first kappa shape index (κ1) is 13.1. The van der Waals surface area contributed by atoms with Crippen LogP contribution >= 0.6 is 23.1 Å². The van der Waals surface area contributed by atoms with Crippen molar-refractivity contribution in [2.24, 2.45) is 7.05 Å². The fourth-order valence-corrected chi connectivity index (χ4v) is 3.37. The summed E-state index contributed by atoms with van der Waals surface area (Å²) in [6.07, 6.45) is 0. The van der Waals surface area contributed by atoms with Gasteiger partial charge >= 0.3 is 0 Å². The zero-order chi connectivity index (χ0) is 13.4. The molecule has 5 nitrogen and oxygen atoms in total. The predicted molar refractivity (Wildman–Crippen MR) is 70.1 cm³/mol. The van der Waals surface area contributed by atoms with Gasteiger partial charge in [0.05, 0.1) is 11.4 Å². The summed E-state index contributed by atoms with van der Waals surface area (Å²) in [5.74, 6) is -1.39. The lowest BCUT2D eigenvalue weighted by molar-refractivity contribution is -0.301. The molecule has 2 aromatic heterocycles. The number of aromatic nitrogens is 2. The molecule has 18 heavy (non-hydrogen) atoms. The van der Waals surface area contributed by atoms with Gasteiger partial charge < -0.3 is 9.90 Å². The van der Waals surface area contributed by atoms with Crippen LogP contribution in [0.25, 0.3) is 10.2 Å². The van der Waals surface area contributed by atoms with E-state index in [1.807, 2.05) is 13.8 Å². The van der Waals surface area contributed by atoms with Gasteiger partial charge in [-0.2, -0.15) is 0 Å². The van der Waals surface area contributed by atoms with Gasteiger partial charge in [0.25, 0.3) is 5.56 Å². The van der Waals surface area contributed by atoms with Gasteiger partial charge in [-0.25, -0.2) is 4.98 Å². The van der Waals surface area contributed by atoms with Gasteiger partial charge in [-0.3, -0.25) is 9.36 Å². The lowest BCUT2D eigenvalue weighted by Crippen LogP contribution is -2.26. The van der Waals surface area contributed by atoms with Crippen LogP contribution in [0.15, 0.2) is 9.95 Å². The second kappa shape index (κ2) is 4.74. The molecule has 7 heteroatoms. The molecule has 0 saturated heterocycles. The third-order valence-electron chi connectivity index (χ3n) is 2.69. The quantitative estimate of drug-likeness (QED) is 0.604. The molecule has 0 aliphatic heterocycles. The Morgan fingerprint density at radius 2 is 2.17 bits per heavy atom. The normalized spacial score (nSPS) is 11.1. The van der Waals surface area contributed by atoms with E-state index in [1.165, 1.54) is 15.9 Å². The van der Waals surface area contributed by atoms with Crippen LogP contribution < -0.4 is 10.7 Å². The highest BCUT2D eigenvalue weighted by atomic mass is 32.2. The Bertz CT molecular complexity index is 688. The average molecular weight is 283 g/mol. The van der Waals surface area contributed by atoms with Gasteiger partial charge in [0, 0.05) is 17.7 Å². The maximum absolute atomic E-state index is 12.2. The van der Waals surface area contributed by atoms with Crippen molar-refractivity contribution in [1.29, 1.82) is 0 Å². The van der Waals surface area contributed by atoms with Gasteiger partial charge in [-0.1, -0.05) is 11.8 Å². The number of rotatable bonds is 3. The first-order chi connectivity index (χ1) is 8.41. The molecule has 0 bridgehead atoms. The van der Waals surface area contributed by atoms with E-state index in [0.29, 0.717) is 15.4 Å². The Morgan fingerprint density at radius 1 is 1.50 bits per heavy atom. The molecule has 2 rings (SSSR count). The van der Waals surface area contributed by atoms with E-state index in [4.69, 9.17) is 0 Å². The molecule has 2 heterocycles. The molecule has 0 radical (unpaired) electrons. The Labute approximate surface area is 111 Å². The summed E-state index contributed by atoms with van der Waals surface area (Å²) < 4.78 is 1.38. The molecular weight excluding hydrogens is 272 g/mol. The number of thiophene rings is 1. The second-order valence-electron chi connectivity index (χ2n) is 3.88. The number of hydrogen-bond donors (Lipinski definition) is 0. The highest BCUT2D eigenvalue weighted by Gasteiger charge is 2.14. The standard InChI is InChI=1S/C11H12N2O3S2/c1-5-6(2)18-9-8(5)10(16)13(3)11(12-9)17-4-7(14)15/h4H2,1-3H3,(H,14,15)/p-1. The number of carbonyl (C=O) groups is 1. The molecule has 0 unspecified atom stereocenters. The molecule has 0 atom stereocenters. The monoisotopic (exact) mass is 283 g/mol. The minimum Gasteiger partial charge on any atom is -0.549 e. The van der Waals surface area contributed by atoms with E-state index in [0.717, 1.165) is 22.2 Å². The van der Waals surface area contributed by atoms with Crippen molar-refractivity contribution >= 4 is 39.3 Å². The van der Waals surface area contributed by atoms with Gasteiger partial charge in [0.15, 0.2) is 5.16 Å². The van der Waals surface area contributed by atoms with Crippen molar-refractivity contribution in [2.75, 3.05) is 5.75 Å². The zero-order valence-corrected chi connectivity index (χ0v) is 11.8. The van der Waals surface area contributed by atoms with E-state index < -0.39 is 5.97 Å². The molecule has 96 valence electrons. The summed E-state index contributed by atoms with van der Waals surface area (Å²) >= 11 is 2.44. The number of aliphatic carboxylic acids is 1. The molecule has 0 aliphatic carbocycles. The summed E-state index contributed by atoms with van der Waals surface area (Å²) in [6, 6.07) is 0. The lowest BCUT2D eigenvalue weighted by atomic mass is 10.2. The van der Waals surface area contributed by atoms with Crippen LogP contribution in [0.5, 0.6) is 0 Å². The number of aryl methyl sites for hydroxylation is 2. The summed E-state index contributed by atoms with van der Waals surface area (Å²) in [5, 5.41) is 11.5. The van der Waals surface area contributed by atoms with Crippen molar-refractivity contribution in [3.63, 3.8) is 0 Å². The molecule has 0 spiro atoms. The summed E-state index contributed by atoms with van der Waals surface area (Å²) in [4.78, 5) is 28.7. The highest BCUT2D eigenvalue weighted by Crippen LogP contribution is 2.27. The molecule has 0 fully saturated rings. The van der Waals surface area contributed by atoms with Crippen LogP contribution in [-0.2, 0) is 11.8 Å². The second-order valence-corrected chi connectivity index (χ2v) is 6.03. The van der Waals surface area contributed by atoms with Crippen LogP contribution in [0.2, 0.25) is 0 Å². The lowest BCUT2D eigenvalue weighted by Gasteiger charge is -2.07. The fourth-order valence-electron chi connectivity index (χ4n) is 1.61. The number of carboxylic acid groups (broad SMARTS) is 1. The Morgan fingerprint density at radius 3 is 2.78 bits per heavy atom. The van der Waals surface area contributed by atoms with E-state index in [-0.39, 0.29) is 11.3 Å². The predicted octanol–water partition coefficient (Wildman–Crippen LogP) is 0.454. The van der Waals surface area contributed by atoms with Gasteiger partial charge in [0.1, 0.15) is 4.83 Å². The summed E-state index contributed by atoms with van der Waals surface area (Å²) in [6.45, 7) is 3.83. The molecule has 0 aliphatic rings. The molecule has 0 N–H and O–H groups in total. The first-order valence-corrected chi connectivity index (χ1v) is 7.01. The Balaban J connectivity index is 2.61. The maximum Gasteiger partial charge on any atom is 0.262 e. The largest absolute Gasteiger partial charge is 0.549 e. The van der Waals surface area contributed by atoms with E-state index in [2.05, 4.69) is 4.98 Å². The number of nitrogens with zero attached hydrogens (tertiary/aromatic N) is 2. The number of carboxylic acids is 1. The number of hydrogen-bond acceptors (Lipinski definition) is 6. The topological polar surface area (TPSA) is 75.0 Å². The summed E-state index contributed by atoms with van der Waals surface area (Å²) in [7, 11) is 1.60. The zero-order valence-electron chi connectivity index (χ0n) is 10.1. The molecule has 0 saturated carbocycles. The van der Waals surface area contributed by atoms with Crippen LogP contribution in [0.1, 0.15) is 10.4 Å². The maximum atomic E-state index is 12.2. The third kappa shape index (κ3) is 2.15. The molecule has 0 amide bonds. The van der Waals surface area contributed by atoms with Gasteiger partial charge in [-0.15, -0.1) is 11.3 Å². The minimum absolute atomic E-state index is 0.136. The fraction of sp³-hybridized carbons (Fsp3) is 0.364. The van der Waals surface area contributed by atoms with E-state index in [1.54, 1.807) is 7.05 Å². The molecule has 0 aromatic carbocycles. The van der Waals surface area contributed by atoms with Gasteiger partial charge in [0.2, 0.25) is 0 Å². The van der Waals surface area contributed by atoms with Crippen molar-refractivity contribution in [1.82, 2.24) is 9.55 Å². The molecule has 2 aromatic rings. The Kier molecular flexibility index (Phi) is 3.45. The van der Waals surface area contributed by atoms with Crippen molar-refractivity contribution in [3.05, 3.63) is 20.8 Å². The van der Waals surface area contributed by atoms with Crippen molar-refractivity contribution < 1.29 is 9.90 Å². The van der Waals surface area contributed by atoms with Crippen LogP contribution in [-0.4, -0.2) is 21.3 Å². The number of thioether (sulfide) groups is 1. The Hall–Kier alpha value is -1.34. The smallest absolute Gasteiger partial charge is 0.262 e. The number of carbonyl (C=O) groups excluding carboxylic acids is 1. The van der Waals surface area contributed by atoms with Crippen LogP contribution in [0, 0.1) is 13.8 Å². The van der Waals surface area contributed by atoms with Crippen LogP contribution in [0.3, 0.4) is 0 Å². The summed E-state index contributed by atoms with van der Waals surface area (Å²) in [5.41, 5.74) is 0.808. The highest BCUT2D eigenvalue weighted by molar-refractivity contribution is 7.99. The minimum atomic E-state index is -1.17. The van der Waals surface area contributed by atoms with Crippen molar-refractivity contribution in [2.45, 2.75) is 19.0 Å². The third-order valence-corrected chi connectivity index (χ3v) is 4.79. The van der Waals surface area contributed by atoms with E-state index >= 15 is 0 Å². The SMILES string of the molecule is Cc1sc2nc(SCC(=O)[O-])n(C)c(=O)c2c1C. The van der Waals surface area contributed by atoms with Crippen LogP contribution in [0.4, 0.5) is 0 Å². The number of fused-ring (bicyclic) bond motifs is 1.